The molecule has 0 fully saturated rings. The molecule has 0 aliphatic rings. The van der Waals surface area contributed by atoms with Crippen LogP contribution < -0.4 is 5.73 Å². The third kappa shape index (κ3) is 2.22. The lowest BCUT2D eigenvalue weighted by molar-refractivity contribution is 0.418. The number of benzene rings is 3. The molecule has 0 bridgehead atoms. The van der Waals surface area contributed by atoms with Crippen molar-refractivity contribution in [1.82, 2.24) is 0 Å². The lowest BCUT2D eigenvalue weighted by Crippen LogP contribution is -2.44. The summed E-state index contributed by atoms with van der Waals surface area (Å²) in [6, 6.07) is 25.8. The van der Waals surface area contributed by atoms with E-state index in [0.717, 1.165) is 6.42 Å². The first-order valence-electron chi connectivity index (χ1n) is 7.99. The highest BCUT2D eigenvalue weighted by Crippen LogP contribution is 2.41. The molecule has 0 radical (unpaired) electrons. The normalized spacial score (nSPS) is 15.4. The molecule has 2 N–H and O–H groups in total. The quantitative estimate of drug-likeness (QED) is 0.727. The first-order valence-corrected chi connectivity index (χ1v) is 7.99. The average Bonchev–Trinajstić information content (AvgIpc) is 2.57. The first-order chi connectivity index (χ1) is 10.7. The Kier molecular flexibility index (Phi) is 4.00. The van der Waals surface area contributed by atoms with Gasteiger partial charge in [0.05, 0.1) is 0 Å². The van der Waals surface area contributed by atoms with Crippen LogP contribution in [0.5, 0.6) is 0 Å². The van der Waals surface area contributed by atoms with Crippen LogP contribution in [0.1, 0.15) is 31.4 Å². The van der Waals surface area contributed by atoms with Crippen molar-refractivity contribution in [2.24, 2.45) is 5.73 Å². The zero-order chi connectivity index (χ0) is 15.6. The molecule has 0 aliphatic carbocycles. The van der Waals surface area contributed by atoms with E-state index in [0.29, 0.717) is 0 Å². The van der Waals surface area contributed by atoms with Gasteiger partial charge in [0, 0.05) is 11.5 Å². The van der Waals surface area contributed by atoms with E-state index in [2.05, 4.69) is 86.6 Å². The van der Waals surface area contributed by atoms with Gasteiger partial charge >= 0.3 is 0 Å². The van der Waals surface area contributed by atoms with Gasteiger partial charge in [-0.2, -0.15) is 0 Å². The van der Waals surface area contributed by atoms with Gasteiger partial charge in [-0.3, -0.25) is 0 Å². The molecular weight excluding hydrogens is 266 g/mol. The predicted molar refractivity (Wildman–Crippen MR) is 95.1 cm³/mol. The van der Waals surface area contributed by atoms with Crippen LogP contribution in [0.3, 0.4) is 0 Å². The van der Waals surface area contributed by atoms with Crippen LogP contribution in [0.4, 0.5) is 0 Å². The second-order valence-electron chi connectivity index (χ2n) is 6.01. The lowest BCUT2D eigenvalue weighted by Gasteiger charge is -2.39. The van der Waals surface area contributed by atoms with E-state index in [1.54, 1.807) is 0 Å². The van der Waals surface area contributed by atoms with Gasteiger partial charge in [-0.05, 0) is 35.2 Å². The lowest BCUT2D eigenvalue weighted by atomic mass is 9.67. The summed E-state index contributed by atoms with van der Waals surface area (Å²) < 4.78 is 0. The zero-order valence-electron chi connectivity index (χ0n) is 13.3. The second kappa shape index (κ2) is 5.94. The Morgan fingerprint density at radius 1 is 0.864 bits per heavy atom. The van der Waals surface area contributed by atoms with Crippen LogP contribution in [0, 0.1) is 0 Å². The summed E-state index contributed by atoms with van der Waals surface area (Å²) in [6.07, 6.45) is 0.975. The van der Waals surface area contributed by atoms with E-state index < -0.39 is 0 Å². The molecule has 2 atom stereocenters. The van der Waals surface area contributed by atoms with Crippen molar-refractivity contribution in [2.75, 3.05) is 0 Å². The number of fused-ring (bicyclic) bond motifs is 1. The molecule has 1 heteroatoms. The third-order valence-corrected chi connectivity index (χ3v) is 4.89. The number of hydrogen-bond acceptors (Lipinski definition) is 1. The van der Waals surface area contributed by atoms with E-state index >= 15 is 0 Å². The maximum Gasteiger partial charge on any atom is 0.0354 e. The predicted octanol–water partition coefficient (Wildman–Crippen LogP) is 4.88. The second-order valence-corrected chi connectivity index (χ2v) is 6.01. The number of rotatable bonds is 4. The minimum atomic E-state index is -0.165. The average molecular weight is 289 g/mol. The van der Waals surface area contributed by atoms with Crippen molar-refractivity contribution in [3.63, 3.8) is 0 Å². The minimum absolute atomic E-state index is 0.0331. The molecule has 3 aromatic rings. The smallest absolute Gasteiger partial charge is 0.0354 e. The van der Waals surface area contributed by atoms with Crippen LogP contribution in [-0.2, 0) is 5.41 Å². The maximum atomic E-state index is 6.54. The first kappa shape index (κ1) is 14.8. The van der Waals surface area contributed by atoms with Gasteiger partial charge in [-0.1, -0.05) is 79.7 Å². The highest BCUT2D eigenvalue weighted by atomic mass is 14.7. The molecule has 0 aliphatic heterocycles. The van der Waals surface area contributed by atoms with Crippen molar-refractivity contribution < 1.29 is 0 Å². The SMILES string of the molecule is CCC(c1ccccc1)(c1cccc2ccccc12)C(C)N. The van der Waals surface area contributed by atoms with Gasteiger partial charge in [0.2, 0.25) is 0 Å². The fraction of sp³-hybridized carbons (Fsp3) is 0.238. The summed E-state index contributed by atoms with van der Waals surface area (Å²) in [6.45, 7) is 4.36. The van der Waals surface area contributed by atoms with E-state index in [-0.39, 0.29) is 11.5 Å². The fourth-order valence-electron chi connectivity index (χ4n) is 3.73. The fourth-order valence-corrected chi connectivity index (χ4v) is 3.73. The Bertz CT molecular complexity index is 756. The number of nitrogens with two attached hydrogens (primary N) is 1. The summed E-state index contributed by atoms with van der Waals surface area (Å²) in [5, 5.41) is 2.57. The Morgan fingerprint density at radius 3 is 2.18 bits per heavy atom. The van der Waals surface area contributed by atoms with Gasteiger partial charge in [0.25, 0.3) is 0 Å². The van der Waals surface area contributed by atoms with Crippen molar-refractivity contribution in [2.45, 2.75) is 31.7 Å². The van der Waals surface area contributed by atoms with Gasteiger partial charge in [0.15, 0.2) is 0 Å². The highest BCUT2D eigenvalue weighted by Gasteiger charge is 2.37. The molecule has 0 spiro atoms. The van der Waals surface area contributed by atoms with Crippen molar-refractivity contribution in [3.05, 3.63) is 83.9 Å². The molecule has 0 saturated heterocycles. The van der Waals surface area contributed by atoms with Crippen molar-refractivity contribution in [3.8, 4) is 0 Å². The summed E-state index contributed by atoms with van der Waals surface area (Å²) in [5.74, 6) is 0. The van der Waals surface area contributed by atoms with Gasteiger partial charge < -0.3 is 5.73 Å². The minimum Gasteiger partial charge on any atom is -0.327 e. The van der Waals surface area contributed by atoms with Crippen molar-refractivity contribution >= 4 is 10.8 Å². The topological polar surface area (TPSA) is 26.0 Å². The van der Waals surface area contributed by atoms with Gasteiger partial charge in [0.1, 0.15) is 0 Å². The van der Waals surface area contributed by atoms with Crippen LogP contribution >= 0.6 is 0 Å². The Labute approximate surface area is 132 Å². The molecule has 22 heavy (non-hydrogen) atoms. The zero-order valence-corrected chi connectivity index (χ0v) is 13.3. The van der Waals surface area contributed by atoms with Gasteiger partial charge in [-0.25, -0.2) is 0 Å². The molecule has 0 amide bonds. The molecule has 0 saturated carbocycles. The molecule has 0 aromatic heterocycles. The summed E-state index contributed by atoms with van der Waals surface area (Å²) in [7, 11) is 0. The Balaban J connectivity index is 2.35. The summed E-state index contributed by atoms with van der Waals surface area (Å²) >= 11 is 0. The summed E-state index contributed by atoms with van der Waals surface area (Å²) in [5.41, 5.74) is 9.00. The molecule has 1 nitrogen and oxygen atoms in total. The van der Waals surface area contributed by atoms with E-state index in [9.17, 15) is 0 Å². The Hall–Kier alpha value is -2.12. The van der Waals surface area contributed by atoms with Crippen LogP contribution in [0.2, 0.25) is 0 Å². The van der Waals surface area contributed by atoms with Crippen LogP contribution in [0.15, 0.2) is 72.8 Å². The summed E-state index contributed by atoms with van der Waals surface area (Å²) in [4.78, 5) is 0. The highest BCUT2D eigenvalue weighted by molar-refractivity contribution is 5.87. The van der Waals surface area contributed by atoms with Crippen LogP contribution in [0.25, 0.3) is 10.8 Å². The van der Waals surface area contributed by atoms with Crippen LogP contribution in [-0.4, -0.2) is 6.04 Å². The van der Waals surface area contributed by atoms with Crippen molar-refractivity contribution in [1.29, 1.82) is 0 Å². The standard InChI is InChI=1S/C21H23N/c1-3-21(16(2)22,18-12-5-4-6-13-18)20-15-9-11-17-10-7-8-14-19(17)20/h4-16H,3,22H2,1-2H3. The third-order valence-electron chi connectivity index (χ3n) is 4.89. The van der Waals surface area contributed by atoms with Gasteiger partial charge in [-0.15, -0.1) is 0 Å². The largest absolute Gasteiger partial charge is 0.327 e. The Morgan fingerprint density at radius 2 is 1.50 bits per heavy atom. The monoisotopic (exact) mass is 289 g/mol. The molecule has 112 valence electrons. The molecular formula is C21H23N. The van der Waals surface area contributed by atoms with E-state index in [4.69, 9.17) is 5.73 Å². The number of hydrogen-bond donors (Lipinski definition) is 1. The van der Waals surface area contributed by atoms with E-state index in [1.807, 2.05) is 0 Å². The molecule has 3 aromatic carbocycles. The molecule has 3 rings (SSSR count). The maximum absolute atomic E-state index is 6.54. The molecule has 0 heterocycles. The molecule has 2 unspecified atom stereocenters. The van der Waals surface area contributed by atoms with E-state index in [1.165, 1.54) is 21.9 Å².